The largest absolute Gasteiger partial charge is 0.466 e. The highest BCUT2D eigenvalue weighted by Crippen LogP contribution is 2.28. The molecule has 0 spiro atoms. The number of methoxy groups -OCH3 is 1. The van der Waals surface area contributed by atoms with Crippen molar-refractivity contribution in [1.29, 1.82) is 0 Å². The molecule has 0 bridgehead atoms. The molecule has 124 valence electrons. The lowest BCUT2D eigenvalue weighted by atomic mass is 10.2. The van der Waals surface area contributed by atoms with E-state index in [1.807, 2.05) is 0 Å². The predicted octanol–water partition coefficient (Wildman–Crippen LogP) is 1.57. The number of aliphatic hydroxyl groups excluding tert-OH is 1. The minimum absolute atomic E-state index is 0.00298. The minimum Gasteiger partial charge on any atom is -0.466 e. The molecule has 0 unspecified atom stereocenters. The average Bonchev–Trinajstić information content (AvgIpc) is 2.81. The maximum Gasteiger partial charge on any atom is 0.337 e. The number of carbonyl (C=O) groups excluding carboxylic acids is 2. The molecule has 1 heterocycles. The summed E-state index contributed by atoms with van der Waals surface area (Å²) in [6.07, 6.45) is 0. The molecule has 1 aliphatic heterocycles. The number of hydrogen-bond acceptors (Lipinski definition) is 5. The Morgan fingerprint density at radius 2 is 2.22 bits per heavy atom. The van der Waals surface area contributed by atoms with E-state index < -0.39 is 17.7 Å². The number of nitrogens with zero attached hydrogens (tertiary/aromatic N) is 1. The zero-order valence-electron chi connectivity index (χ0n) is 12.7. The van der Waals surface area contributed by atoms with E-state index in [0.717, 1.165) is 0 Å². The second kappa shape index (κ2) is 7.10. The molecule has 6 nitrogen and oxygen atoms in total. The van der Waals surface area contributed by atoms with Gasteiger partial charge in [-0.2, -0.15) is 0 Å². The maximum atomic E-state index is 14.2. The molecule has 1 amide bonds. The van der Waals surface area contributed by atoms with E-state index in [-0.39, 0.29) is 36.7 Å². The Kier molecular flexibility index (Phi) is 5.38. The van der Waals surface area contributed by atoms with Gasteiger partial charge in [0.05, 0.1) is 31.5 Å². The molecule has 8 heteroatoms. The molecule has 2 rings (SSSR count). The van der Waals surface area contributed by atoms with Crippen molar-refractivity contribution in [3.63, 3.8) is 0 Å². The number of anilines is 1. The Hall–Kier alpha value is -1.93. The van der Waals surface area contributed by atoms with Gasteiger partial charge in [-0.1, -0.05) is 15.9 Å². The van der Waals surface area contributed by atoms with Gasteiger partial charge >= 0.3 is 5.97 Å². The Morgan fingerprint density at radius 3 is 2.83 bits per heavy atom. The number of hydrogen-bond donors (Lipinski definition) is 2. The monoisotopic (exact) mass is 386 g/mol. The van der Waals surface area contributed by atoms with Crippen molar-refractivity contribution in [3.05, 3.63) is 39.3 Å². The van der Waals surface area contributed by atoms with Gasteiger partial charge in [-0.25, -0.2) is 9.18 Å². The smallest absolute Gasteiger partial charge is 0.337 e. The molecular weight excluding hydrogens is 371 g/mol. The van der Waals surface area contributed by atoms with Crippen LogP contribution in [0, 0.1) is 12.7 Å². The van der Waals surface area contributed by atoms with Crippen molar-refractivity contribution in [2.24, 2.45) is 0 Å². The summed E-state index contributed by atoms with van der Waals surface area (Å²) in [5.41, 5.74) is 0.525. The Bertz CT molecular complexity index is 690. The average molecular weight is 387 g/mol. The number of aliphatic hydroxyl groups is 1. The van der Waals surface area contributed by atoms with Crippen LogP contribution in [0.5, 0.6) is 0 Å². The van der Waals surface area contributed by atoms with Crippen LogP contribution in [0.2, 0.25) is 0 Å². The first-order valence-corrected chi connectivity index (χ1v) is 7.62. The van der Waals surface area contributed by atoms with Crippen LogP contribution < -0.4 is 5.32 Å². The minimum atomic E-state index is -0.673. The molecule has 23 heavy (non-hydrogen) atoms. The summed E-state index contributed by atoms with van der Waals surface area (Å²) in [7, 11) is 1.20. The molecule has 0 fully saturated rings. The van der Waals surface area contributed by atoms with Gasteiger partial charge < -0.3 is 20.1 Å². The topological polar surface area (TPSA) is 78.9 Å². The molecule has 1 aromatic rings. The van der Waals surface area contributed by atoms with Crippen LogP contribution in [0.3, 0.4) is 0 Å². The number of benzene rings is 1. The predicted molar refractivity (Wildman–Crippen MR) is 85.2 cm³/mol. The fourth-order valence-electron chi connectivity index (χ4n) is 2.30. The van der Waals surface area contributed by atoms with Gasteiger partial charge in [0, 0.05) is 11.0 Å². The van der Waals surface area contributed by atoms with Crippen molar-refractivity contribution >= 4 is 33.5 Å². The number of aryl methyl sites for hydroxylation is 1. The lowest BCUT2D eigenvalue weighted by molar-refractivity contribution is -0.136. The second-order valence-corrected chi connectivity index (χ2v) is 5.92. The van der Waals surface area contributed by atoms with E-state index in [4.69, 9.17) is 5.11 Å². The van der Waals surface area contributed by atoms with Crippen LogP contribution in [-0.4, -0.2) is 48.7 Å². The Morgan fingerprint density at radius 1 is 1.52 bits per heavy atom. The summed E-state index contributed by atoms with van der Waals surface area (Å²) in [6.45, 7) is 1.43. The highest BCUT2D eigenvalue weighted by Gasteiger charge is 2.34. The molecule has 1 aliphatic rings. The van der Waals surface area contributed by atoms with Crippen molar-refractivity contribution < 1.29 is 23.8 Å². The van der Waals surface area contributed by atoms with E-state index in [2.05, 4.69) is 26.0 Å². The highest BCUT2D eigenvalue weighted by molar-refractivity contribution is 9.10. The zero-order chi connectivity index (χ0) is 17.1. The summed E-state index contributed by atoms with van der Waals surface area (Å²) in [4.78, 5) is 25.5. The number of carbonyl (C=O) groups is 2. The van der Waals surface area contributed by atoms with Gasteiger partial charge in [0.25, 0.3) is 5.91 Å². The van der Waals surface area contributed by atoms with Gasteiger partial charge in [0.15, 0.2) is 0 Å². The van der Waals surface area contributed by atoms with Crippen LogP contribution in [-0.2, 0) is 14.3 Å². The maximum absolute atomic E-state index is 14.2. The molecule has 0 saturated carbocycles. The van der Waals surface area contributed by atoms with Gasteiger partial charge in [-0.05, 0) is 24.6 Å². The number of rotatable bonds is 5. The van der Waals surface area contributed by atoms with Crippen molar-refractivity contribution in [2.45, 2.75) is 6.92 Å². The summed E-state index contributed by atoms with van der Waals surface area (Å²) < 4.78 is 19.5. The molecule has 0 atom stereocenters. The molecule has 0 saturated heterocycles. The SMILES string of the molecule is COC(=O)C1=C(Nc2cc(Br)cc(C)c2F)C(=O)N(CCO)C1. The zero-order valence-corrected chi connectivity index (χ0v) is 14.2. The van der Waals surface area contributed by atoms with E-state index in [9.17, 15) is 14.0 Å². The second-order valence-electron chi connectivity index (χ2n) is 5.00. The summed E-state index contributed by atoms with van der Waals surface area (Å²) in [5.74, 6) is -1.68. The third-order valence-electron chi connectivity index (χ3n) is 3.43. The third-order valence-corrected chi connectivity index (χ3v) is 3.89. The number of nitrogens with one attached hydrogen (secondary N) is 1. The number of β-amino-alcohol motifs (C(OH)–C–C–N with tert-alkyl or cyclic N) is 1. The fraction of sp³-hybridized carbons (Fsp3) is 0.333. The highest BCUT2D eigenvalue weighted by atomic mass is 79.9. The van der Waals surface area contributed by atoms with Crippen molar-refractivity contribution in [3.8, 4) is 0 Å². The Labute approximate surface area is 141 Å². The van der Waals surface area contributed by atoms with Gasteiger partial charge in [-0.15, -0.1) is 0 Å². The first-order valence-electron chi connectivity index (χ1n) is 6.83. The Balaban J connectivity index is 2.41. The quantitative estimate of drug-likeness (QED) is 0.750. The lowest BCUT2D eigenvalue weighted by Crippen LogP contribution is -2.31. The number of halogens is 2. The lowest BCUT2D eigenvalue weighted by Gasteiger charge is -2.15. The standard InChI is InChI=1S/C15H16BrFN2O4/c1-8-5-9(16)6-11(12(8)17)18-13-10(15(22)23-2)7-19(3-4-20)14(13)21/h5-6,18,20H,3-4,7H2,1-2H3. The summed E-state index contributed by atoms with van der Waals surface area (Å²) in [6, 6.07) is 3.08. The van der Waals surface area contributed by atoms with Crippen LogP contribution in [0.4, 0.5) is 10.1 Å². The number of amides is 1. The van der Waals surface area contributed by atoms with Gasteiger partial charge in [-0.3, -0.25) is 4.79 Å². The first-order chi connectivity index (χ1) is 10.9. The molecular formula is C15H16BrFN2O4. The van der Waals surface area contributed by atoms with E-state index in [1.165, 1.54) is 18.1 Å². The molecule has 0 aromatic heterocycles. The van der Waals surface area contributed by atoms with Gasteiger partial charge in [0.1, 0.15) is 11.5 Å². The van der Waals surface area contributed by atoms with Crippen LogP contribution >= 0.6 is 15.9 Å². The number of esters is 1. The van der Waals surface area contributed by atoms with Crippen LogP contribution in [0.25, 0.3) is 0 Å². The normalized spacial score (nSPS) is 14.5. The summed E-state index contributed by atoms with van der Waals surface area (Å²) in [5, 5.41) is 11.7. The molecule has 2 N–H and O–H groups in total. The van der Waals surface area contributed by atoms with Crippen LogP contribution in [0.15, 0.2) is 27.9 Å². The third kappa shape index (κ3) is 3.53. The molecule has 0 aliphatic carbocycles. The van der Waals surface area contributed by atoms with E-state index >= 15 is 0 Å². The fourth-order valence-corrected chi connectivity index (χ4v) is 2.87. The summed E-state index contributed by atoms with van der Waals surface area (Å²) >= 11 is 3.26. The number of ether oxygens (including phenoxy) is 1. The van der Waals surface area contributed by atoms with E-state index in [1.54, 1.807) is 13.0 Å². The molecule has 0 radical (unpaired) electrons. The molecule has 1 aromatic carbocycles. The van der Waals surface area contributed by atoms with E-state index in [0.29, 0.717) is 10.0 Å². The van der Waals surface area contributed by atoms with Crippen molar-refractivity contribution in [2.75, 3.05) is 32.1 Å². The first kappa shape index (κ1) is 17.4. The van der Waals surface area contributed by atoms with Crippen LogP contribution in [0.1, 0.15) is 5.56 Å². The van der Waals surface area contributed by atoms with Crippen molar-refractivity contribution in [1.82, 2.24) is 4.90 Å². The van der Waals surface area contributed by atoms with Gasteiger partial charge in [0.2, 0.25) is 0 Å².